The van der Waals surface area contributed by atoms with Gasteiger partial charge in [-0.2, -0.15) is 0 Å². The summed E-state index contributed by atoms with van der Waals surface area (Å²) in [4.78, 5) is 21.3. The zero-order chi connectivity index (χ0) is 21.6. The lowest BCUT2D eigenvalue weighted by Gasteiger charge is -2.42. The van der Waals surface area contributed by atoms with E-state index in [4.69, 9.17) is 23.8 Å². The molecule has 3 aromatic rings. The number of nitrogens with zero attached hydrogens (tertiary/aromatic N) is 3. The molecule has 1 unspecified atom stereocenters. The molecule has 8 heteroatoms. The first-order chi connectivity index (χ1) is 15.1. The van der Waals surface area contributed by atoms with Gasteiger partial charge in [0.1, 0.15) is 5.82 Å². The van der Waals surface area contributed by atoms with Crippen molar-refractivity contribution in [1.29, 1.82) is 0 Å². The fourth-order valence-corrected chi connectivity index (χ4v) is 3.92. The van der Waals surface area contributed by atoms with Crippen LogP contribution in [0.3, 0.4) is 0 Å². The molecule has 0 aliphatic carbocycles. The smallest absolute Gasteiger partial charge is 0.322 e. The van der Waals surface area contributed by atoms with E-state index in [1.54, 1.807) is 30.5 Å². The number of hydrogen-bond donors (Lipinski definition) is 2. The molecule has 2 aromatic carbocycles. The highest BCUT2D eigenvalue weighted by atomic mass is 35.5. The van der Waals surface area contributed by atoms with Gasteiger partial charge in [0.2, 0.25) is 0 Å². The SMILES string of the molecule is O=C(Nc1ccc(Cl)cc1)N1CCN(C(=S)Nc2ccccn2)CC1c1ccccc1. The molecule has 1 saturated heterocycles. The Bertz CT molecular complexity index is 1030. The van der Waals surface area contributed by atoms with Gasteiger partial charge in [0.15, 0.2) is 5.11 Å². The van der Waals surface area contributed by atoms with E-state index in [1.165, 1.54) is 0 Å². The van der Waals surface area contributed by atoms with Gasteiger partial charge >= 0.3 is 6.03 Å². The van der Waals surface area contributed by atoms with Gasteiger partial charge < -0.3 is 20.4 Å². The lowest BCUT2D eigenvalue weighted by Crippen LogP contribution is -2.54. The van der Waals surface area contributed by atoms with Crippen LogP contribution < -0.4 is 10.6 Å². The zero-order valence-corrected chi connectivity index (χ0v) is 18.3. The molecule has 0 radical (unpaired) electrons. The second kappa shape index (κ2) is 9.76. The number of carbonyl (C=O) groups is 1. The summed E-state index contributed by atoms with van der Waals surface area (Å²) in [5.41, 5.74) is 1.76. The van der Waals surface area contributed by atoms with Gasteiger partial charge in [-0.1, -0.05) is 48.0 Å². The summed E-state index contributed by atoms with van der Waals surface area (Å²) in [6.45, 7) is 1.73. The van der Waals surface area contributed by atoms with E-state index in [0.29, 0.717) is 41.3 Å². The summed E-state index contributed by atoms with van der Waals surface area (Å²) < 4.78 is 0. The number of nitrogens with one attached hydrogen (secondary N) is 2. The third-order valence-corrected chi connectivity index (χ3v) is 5.72. The minimum Gasteiger partial charge on any atom is -0.345 e. The highest BCUT2D eigenvalue weighted by Gasteiger charge is 2.32. The molecule has 31 heavy (non-hydrogen) atoms. The van der Waals surface area contributed by atoms with Crippen molar-refractivity contribution in [2.75, 3.05) is 30.3 Å². The Hall–Kier alpha value is -3.16. The van der Waals surface area contributed by atoms with Crippen LogP contribution in [-0.4, -0.2) is 45.6 Å². The van der Waals surface area contributed by atoms with Crippen molar-refractivity contribution in [3.05, 3.63) is 89.6 Å². The van der Waals surface area contributed by atoms with Gasteiger partial charge in [0, 0.05) is 36.5 Å². The van der Waals surface area contributed by atoms with Gasteiger partial charge in [-0.15, -0.1) is 0 Å². The highest BCUT2D eigenvalue weighted by molar-refractivity contribution is 7.80. The Labute approximate surface area is 191 Å². The Kier molecular flexibility index (Phi) is 6.64. The van der Waals surface area contributed by atoms with Crippen molar-refractivity contribution in [2.45, 2.75) is 6.04 Å². The first-order valence-corrected chi connectivity index (χ1v) is 10.7. The number of piperazine rings is 1. The molecular formula is C23H22ClN5OS. The third-order valence-electron chi connectivity index (χ3n) is 5.11. The van der Waals surface area contributed by atoms with Crippen LogP contribution in [0.15, 0.2) is 79.0 Å². The molecule has 2 heterocycles. The Morgan fingerprint density at radius 3 is 2.42 bits per heavy atom. The first kappa shape index (κ1) is 21.1. The van der Waals surface area contributed by atoms with Gasteiger partial charge in [0.25, 0.3) is 0 Å². The molecule has 0 saturated carbocycles. The number of anilines is 2. The van der Waals surface area contributed by atoms with Crippen molar-refractivity contribution >= 4 is 46.5 Å². The fourth-order valence-electron chi connectivity index (χ4n) is 3.52. The van der Waals surface area contributed by atoms with E-state index >= 15 is 0 Å². The maximum Gasteiger partial charge on any atom is 0.322 e. The molecule has 0 spiro atoms. The number of thiocarbonyl (C=S) groups is 1. The maximum atomic E-state index is 13.1. The molecule has 158 valence electrons. The van der Waals surface area contributed by atoms with Crippen LogP contribution >= 0.6 is 23.8 Å². The van der Waals surface area contributed by atoms with Crippen LogP contribution in [0.1, 0.15) is 11.6 Å². The third kappa shape index (κ3) is 5.31. The number of benzene rings is 2. The average Bonchev–Trinajstić information content (AvgIpc) is 2.81. The standard InChI is InChI=1S/C23H22ClN5OS/c24-18-9-11-19(12-10-18)26-22(30)29-15-14-28(16-20(29)17-6-2-1-3-7-17)23(31)27-21-8-4-5-13-25-21/h1-13,20H,14-16H2,(H,26,30)(H,25,27,31). The number of urea groups is 1. The van der Waals surface area contributed by atoms with Crippen LogP contribution in [0.2, 0.25) is 5.02 Å². The summed E-state index contributed by atoms with van der Waals surface area (Å²) in [5, 5.41) is 7.38. The molecule has 2 N–H and O–H groups in total. The zero-order valence-electron chi connectivity index (χ0n) is 16.7. The topological polar surface area (TPSA) is 60.5 Å². The normalized spacial score (nSPS) is 16.0. The summed E-state index contributed by atoms with van der Waals surface area (Å²) in [5.74, 6) is 0.701. The molecule has 2 amide bonds. The van der Waals surface area contributed by atoms with E-state index in [1.807, 2.05) is 53.4 Å². The minimum absolute atomic E-state index is 0.147. The fraction of sp³-hybridized carbons (Fsp3) is 0.174. The summed E-state index contributed by atoms with van der Waals surface area (Å²) in [6, 6.07) is 22.4. The number of aromatic nitrogens is 1. The summed E-state index contributed by atoms with van der Waals surface area (Å²) >= 11 is 11.6. The second-order valence-electron chi connectivity index (χ2n) is 7.15. The molecule has 1 aromatic heterocycles. The molecule has 4 rings (SSSR count). The average molecular weight is 452 g/mol. The van der Waals surface area contributed by atoms with E-state index in [0.717, 1.165) is 5.56 Å². The second-order valence-corrected chi connectivity index (χ2v) is 7.97. The van der Waals surface area contributed by atoms with Crippen LogP contribution in [-0.2, 0) is 0 Å². The molecule has 1 aliphatic heterocycles. The minimum atomic E-state index is -0.153. The molecule has 1 aliphatic rings. The van der Waals surface area contributed by atoms with Gasteiger partial charge in [-0.05, 0) is 54.2 Å². The predicted octanol–water partition coefficient (Wildman–Crippen LogP) is 5.02. The lowest BCUT2D eigenvalue weighted by atomic mass is 10.0. The number of rotatable bonds is 3. The van der Waals surface area contributed by atoms with Gasteiger partial charge in [-0.3, -0.25) is 0 Å². The number of hydrogen-bond acceptors (Lipinski definition) is 3. The van der Waals surface area contributed by atoms with E-state index in [9.17, 15) is 4.79 Å². The van der Waals surface area contributed by atoms with Crippen LogP contribution in [0.4, 0.5) is 16.3 Å². The van der Waals surface area contributed by atoms with Crippen molar-refractivity contribution < 1.29 is 4.79 Å². The molecule has 1 fully saturated rings. The molecule has 6 nitrogen and oxygen atoms in total. The van der Waals surface area contributed by atoms with Crippen LogP contribution in [0, 0.1) is 0 Å². The summed E-state index contributed by atoms with van der Waals surface area (Å²) in [7, 11) is 0. The Morgan fingerprint density at radius 2 is 1.71 bits per heavy atom. The van der Waals surface area contributed by atoms with Gasteiger partial charge in [-0.25, -0.2) is 9.78 Å². The molecular weight excluding hydrogens is 430 g/mol. The number of halogens is 1. The number of amides is 2. The van der Waals surface area contributed by atoms with Crippen molar-refractivity contribution in [2.24, 2.45) is 0 Å². The highest BCUT2D eigenvalue weighted by Crippen LogP contribution is 2.27. The van der Waals surface area contributed by atoms with Gasteiger partial charge in [0.05, 0.1) is 6.04 Å². The van der Waals surface area contributed by atoms with Crippen molar-refractivity contribution in [3.8, 4) is 0 Å². The molecule has 0 bridgehead atoms. The maximum absolute atomic E-state index is 13.1. The van der Waals surface area contributed by atoms with Crippen LogP contribution in [0.5, 0.6) is 0 Å². The quantitative estimate of drug-likeness (QED) is 0.547. The first-order valence-electron chi connectivity index (χ1n) is 9.95. The summed E-state index contributed by atoms with van der Waals surface area (Å²) in [6.07, 6.45) is 1.72. The van der Waals surface area contributed by atoms with Crippen molar-refractivity contribution in [3.63, 3.8) is 0 Å². The Balaban J connectivity index is 1.50. The lowest BCUT2D eigenvalue weighted by molar-refractivity contribution is 0.137. The monoisotopic (exact) mass is 451 g/mol. The largest absolute Gasteiger partial charge is 0.345 e. The van der Waals surface area contributed by atoms with E-state index < -0.39 is 0 Å². The van der Waals surface area contributed by atoms with Crippen molar-refractivity contribution in [1.82, 2.24) is 14.8 Å². The number of carbonyl (C=O) groups excluding carboxylic acids is 1. The van der Waals surface area contributed by atoms with E-state index in [2.05, 4.69) is 20.5 Å². The number of pyridine rings is 1. The predicted molar refractivity (Wildman–Crippen MR) is 128 cm³/mol. The van der Waals surface area contributed by atoms with Crippen LogP contribution in [0.25, 0.3) is 0 Å². The molecule has 1 atom stereocenters. The Morgan fingerprint density at radius 1 is 0.968 bits per heavy atom. The van der Waals surface area contributed by atoms with E-state index in [-0.39, 0.29) is 12.1 Å².